The van der Waals surface area contributed by atoms with Crippen molar-refractivity contribution in [2.24, 2.45) is 0 Å². The maximum Gasteiger partial charge on any atom is 0.338 e. The highest BCUT2D eigenvalue weighted by atomic mass is 16.7. The summed E-state index contributed by atoms with van der Waals surface area (Å²) in [6.07, 6.45) is -9.19. The predicted octanol–water partition coefficient (Wildman–Crippen LogP) is 0.737. The summed E-state index contributed by atoms with van der Waals surface area (Å²) in [6, 6.07) is 8.81. The molecule has 1 aromatic heterocycles. The van der Waals surface area contributed by atoms with E-state index in [9.17, 15) is 55.5 Å². The van der Waals surface area contributed by atoms with Gasteiger partial charge in [-0.1, -0.05) is 0 Å². The molecule has 0 saturated carbocycles. The van der Waals surface area contributed by atoms with Crippen molar-refractivity contribution in [3.05, 3.63) is 64.3 Å². The number of benzene rings is 3. The van der Waals surface area contributed by atoms with Crippen LogP contribution in [0.3, 0.4) is 0 Å². The minimum atomic E-state index is -1.97. The van der Waals surface area contributed by atoms with Gasteiger partial charge in [-0.3, -0.25) is 4.79 Å². The fourth-order valence-electron chi connectivity index (χ4n) is 4.41. The van der Waals surface area contributed by atoms with Gasteiger partial charge in [-0.05, 0) is 36.4 Å². The molecule has 0 radical (unpaired) electrons. The molecule has 1 saturated heterocycles. The van der Waals surface area contributed by atoms with Gasteiger partial charge in [0.2, 0.25) is 17.5 Å². The van der Waals surface area contributed by atoms with Crippen LogP contribution >= 0.6 is 0 Å². The molecule has 0 unspecified atom stereocenters. The average Bonchev–Trinajstić information content (AvgIpc) is 2.96. The Morgan fingerprint density at radius 1 is 0.791 bits per heavy atom. The SMILES string of the molecule is O=C(OC[C@H]1O[C@@H](Oc2c(-c3ccc(O)cc3)oc3cc(O)cc(O)c3c2=O)[C@H](O)[C@H](O)[C@H]1O)c1cc(O)c(O)c(O)c1. The Kier molecular flexibility index (Phi) is 7.64. The molecule has 1 fully saturated rings. The fraction of sp³-hybridized carbons (Fsp3) is 0.214. The molecule has 43 heavy (non-hydrogen) atoms. The van der Waals surface area contributed by atoms with Crippen LogP contribution in [0.25, 0.3) is 22.3 Å². The molecule has 5 atom stereocenters. The van der Waals surface area contributed by atoms with Crippen LogP contribution in [-0.4, -0.2) is 89.2 Å². The number of aliphatic hydroxyl groups is 3. The van der Waals surface area contributed by atoms with Crippen molar-refractivity contribution in [1.82, 2.24) is 0 Å². The van der Waals surface area contributed by atoms with Crippen LogP contribution < -0.4 is 10.2 Å². The van der Waals surface area contributed by atoms with E-state index in [4.69, 9.17) is 18.6 Å². The summed E-state index contributed by atoms with van der Waals surface area (Å²) < 4.78 is 22.0. The number of esters is 1. The lowest BCUT2D eigenvalue weighted by Crippen LogP contribution is -2.60. The number of fused-ring (bicyclic) bond motifs is 1. The van der Waals surface area contributed by atoms with Crippen molar-refractivity contribution in [2.45, 2.75) is 30.7 Å². The average molecular weight is 600 g/mol. The number of phenols is 6. The van der Waals surface area contributed by atoms with E-state index in [0.29, 0.717) is 0 Å². The normalized spacial score (nSPS) is 21.9. The third-order valence-corrected chi connectivity index (χ3v) is 6.63. The summed E-state index contributed by atoms with van der Waals surface area (Å²) >= 11 is 0. The lowest BCUT2D eigenvalue weighted by molar-refractivity contribution is -0.277. The van der Waals surface area contributed by atoms with Gasteiger partial charge in [-0.2, -0.15) is 0 Å². The standard InChI is InChI=1S/C28H24O15/c29-12-3-1-10(2-4-12)25-26(22(36)19-14(31)7-13(30)8-17(19)41-25)43-28-24(38)23(37)21(35)18(42-28)9-40-27(39)11-5-15(32)20(34)16(33)6-11/h1-8,18,21,23-24,28-35,37-38H,9H2/t18-,21+,23-,24-,28+/m1/s1. The Morgan fingerprint density at radius 2 is 1.44 bits per heavy atom. The third-order valence-electron chi connectivity index (χ3n) is 6.63. The highest BCUT2D eigenvalue weighted by Crippen LogP contribution is 2.38. The van der Waals surface area contributed by atoms with Gasteiger partial charge in [0.15, 0.2) is 23.0 Å². The Balaban J connectivity index is 1.47. The number of hydrogen-bond acceptors (Lipinski definition) is 15. The van der Waals surface area contributed by atoms with Crippen molar-refractivity contribution in [3.8, 4) is 51.6 Å². The molecule has 9 N–H and O–H groups in total. The summed E-state index contributed by atoms with van der Waals surface area (Å²) in [5.41, 5.74) is -1.43. The highest BCUT2D eigenvalue weighted by molar-refractivity contribution is 5.91. The maximum atomic E-state index is 13.5. The number of rotatable bonds is 6. The number of carbonyl (C=O) groups is 1. The smallest absolute Gasteiger partial charge is 0.338 e. The number of hydrogen-bond donors (Lipinski definition) is 9. The number of aliphatic hydroxyl groups excluding tert-OH is 3. The molecule has 0 amide bonds. The second kappa shape index (κ2) is 11.2. The number of ether oxygens (including phenoxy) is 3. The molecule has 5 rings (SSSR count). The summed E-state index contributed by atoms with van der Waals surface area (Å²) in [5.74, 6) is -5.74. The van der Waals surface area contributed by atoms with Crippen molar-refractivity contribution in [2.75, 3.05) is 6.61 Å². The maximum absolute atomic E-state index is 13.5. The minimum absolute atomic E-state index is 0.122. The van der Waals surface area contributed by atoms with E-state index in [1.165, 1.54) is 24.3 Å². The van der Waals surface area contributed by atoms with Crippen LogP contribution in [0, 0.1) is 0 Å². The van der Waals surface area contributed by atoms with Gasteiger partial charge in [0.05, 0.1) is 5.56 Å². The lowest BCUT2D eigenvalue weighted by atomic mass is 9.99. The van der Waals surface area contributed by atoms with Crippen LogP contribution in [-0.2, 0) is 9.47 Å². The second-order valence-electron chi connectivity index (χ2n) is 9.57. The molecule has 0 aliphatic carbocycles. The molecule has 1 aliphatic heterocycles. The van der Waals surface area contributed by atoms with Gasteiger partial charge in [-0.25, -0.2) is 4.79 Å². The monoisotopic (exact) mass is 600 g/mol. The van der Waals surface area contributed by atoms with E-state index in [2.05, 4.69) is 0 Å². The van der Waals surface area contributed by atoms with Crippen molar-refractivity contribution in [3.63, 3.8) is 0 Å². The van der Waals surface area contributed by atoms with Gasteiger partial charge < -0.3 is 64.6 Å². The molecule has 0 spiro atoms. The largest absolute Gasteiger partial charge is 0.508 e. The van der Waals surface area contributed by atoms with Crippen LogP contribution in [0.2, 0.25) is 0 Å². The molecule has 2 heterocycles. The van der Waals surface area contributed by atoms with Crippen molar-refractivity contribution >= 4 is 16.9 Å². The zero-order chi connectivity index (χ0) is 31.2. The van der Waals surface area contributed by atoms with Gasteiger partial charge >= 0.3 is 5.97 Å². The molecule has 1 aliphatic rings. The first kappa shape index (κ1) is 29.3. The molecule has 15 nitrogen and oxygen atoms in total. The molecule has 15 heteroatoms. The van der Waals surface area contributed by atoms with E-state index in [1.807, 2.05) is 0 Å². The molecule has 0 bridgehead atoms. The fourth-order valence-corrected chi connectivity index (χ4v) is 4.41. The predicted molar refractivity (Wildman–Crippen MR) is 142 cm³/mol. The molecular weight excluding hydrogens is 576 g/mol. The first-order valence-electron chi connectivity index (χ1n) is 12.5. The van der Waals surface area contributed by atoms with E-state index >= 15 is 0 Å². The summed E-state index contributed by atoms with van der Waals surface area (Å²) in [6.45, 7) is -0.761. The summed E-state index contributed by atoms with van der Waals surface area (Å²) in [7, 11) is 0. The molecule has 4 aromatic rings. The lowest BCUT2D eigenvalue weighted by Gasteiger charge is -2.39. The third kappa shape index (κ3) is 5.52. The van der Waals surface area contributed by atoms with E-state index in [1.54, 1.807) is 0 Å². The summed E-state index contributed by atoms with van der Waals surface area (Å²) in [5, 5.41) is 89.8. The minimum Gasteiger partial charge on any atom is -0.508 e. The summed E-state index contributed by atoms with van der Waals surface area (Å²) in [4.78, 5) is 26.0. The van der Waals surface area contributed by atoms with Gasteiger partial charge in [0.25, 0.3) is 0 Å². The van der Waals surface area contributed by atoms with Gasteiger partial charge in [0, 0.05) is 17.7 Å². The quantitative estimate of drug-likeness (QED) is 0.109. The van der Waals surface area contributed by atoms with Crippen LogP contribution in [0.1, 0.15) is 10.4 Å². The highest BCUT2D eigenvalue weighted by Gasteiger charge is 2.46. The Bertz CT molecular complexity index is 1720. The molecule has 3 aromatic carbocycles. The van der Waals surface area contributed by atoms with Crippen LogP contribution in [0.4, 0.5) is 0 Å². The second-order valence-corrected chi connectivity index (χ2v) is 9.57. The Morgan fingerprint density at radius 3 is 2.09 bits per heavy atom. The van der Waals surface area contributed by atoms with Crippen molar-refractivity contribution < 1.29 is 69.4 Å². The topological polar surface area (TPSA) is 257 Å². The first-order valence-corrected chi connectivity index (χ1v) is 12.5. The number of aromatic hydroxyl groups is 6. The number of phenolic OH excluding ortho intramolecular Hbond substituents is 6. The Hall–Kier alpha value is -5.22. The zero-order valence-electron chi connectivity index (χ0n) is 21.7. The Labute approximate surface area is 239 Å². The van der Waals surface area contributed by atoms with E-state index in [0.717, 1.165) is 24.3 Å². The van der Waals surface area contributed by atoms with Gasteiger partial charge in [-0.15, -0.1) is 0 Å². The van der Waals surface area contributed by atoms with E-state index < -0.39 is 88.6 Å². The van der Waals surface area contributed by atoms with Crippen LogP contribution in [0.5, 0.6) is 40.2 Å². The molecule has 226 valence electrons. The molecular formula is C28H24O15. The van der Waals surface area contributed by atoms with Crippen molar-refractivity contribution in [1.29, 1.82) is 0 Å². The number of carbonyl (C=O) groups excluding carboxylic acids is 1. The van der Waals surface area contributed by atoms with E-state index in [-0.39, 0.29) is 28.2 Å². The first-order chi connectivity index (χ1) is 20.3. The van der Waals surface area contributed by atoms with Crippen LogP contribution in [0.15, 0.2) is 57.7 Å². The zero-order valence-corrected chi connectivity index (χ0v) is 21.7. The van der Waals surface area contributed by atoms with Gasteiger partial charge in [0.1, 0.15) is 59.2 Å².